The SMILES string of the molecule is CN=C(NCCSc1ccc(Cl)cc1)NCc1ccccc1CN1CCCC1=O. The van der Waals surface area contributed by atoms with Crippen LogP contribution in [0.15, 0.2) is 58.4 Å². The van der Waals surface area contributed by atoms with Crippen LogP contribution in [-0.4, -0.2) is 42.7 Å². The van der Waals surface area contributed by atoms with Crippen LogP contribution in [0.2, 0.25) is 5.02 Å². The molecule has 1 aliphatic heterocycles. The maximum atomic E-state index is 11.9. The van der Waals surface area contributed by atoms with Crippen molar-refractivity contribution in [3.8, 4) is 0 Å². The Morgan fingerprint density at radius 1 is 1.14 bits per heavy atom. The van der Waals surface area contributed by atoms with Gasteiger partial charge in [-0.2, -0.15) is 0 Å². The second-order valence-electron chi connectivity index (χ2n) is 6.84. The first kappa shape index (κ1) is 21.5. The molecule has 1 amide bonds. The van der Waals surface area contributed by atoms with E-state index in [2.05, 4.69) is 27.8 Å². The summed E-state index contributed by atoms with van der Waals surface area (Å²) in [6, 6.07) is 16.1. The molecule has 1 heterocycles. The summed E-state index contributed by atoms with van der Waals surface area (Å²) in [6.07, 6.45) is 1.63. The summed E-state index contributed by atoms with van der Waals surface area (Å²) in [4.78, 5) is 19.4. The average molecular weight is 431 g/mol. The van der Waals surface area contributed by atoms with Gasteiger partial charge in [0.05, 0.1) is 0 Å². The molecule has 0 atom stereocenters. The first-order valence-corrected chi connectivity index (χ1v) is 11.2. The number of thioether (sulfide) groups is 1. The number of amides is 1. The van der Waals surface area contributed by atoms with Gasteiger partial charge in [0.1, 0.15) is 0 Å². The molecule has 154 valence electrons. The molecule has 29 heavy (non-hydrogen) atoms. The summed E-state index contributed by atoms with van der Waals surface area (Å²) in [5.41, 5.74) is 2.37. The fraction of sp³-hybridized carbons (Fsp3) is 0.364. The van der Waals surface area contributed by atoms with Crippen molar-refractivity contribution >= 4 is 35.2 Å². The molecule has 0 spiro atoms. The van der Waals surface area contributed by atoms with E-state index in [1.807, 2.05) is 41.3 Å². The van der Waals surface area contributed by atoms with E-state index < -0.39 is 0 Å². The first-order chi connectivity index (χ1) is 14.2. The summed E-state index contributed by atoms with van der Waals surface area (Å²) >= 11 is 7.69. The number of nitrogens with zero attached hydrogens (tertiary/aromatic N) is 2. The topological polar surface area (TPSA) is 56.7 Å². The van der Waals surface area contributed by atoms with Crippen molar-refractivity contribution in [2.75, 3.05) is 25.9 Å². The van der Waals surface area contributed by atoms with Crippen molar-refractivity contribution in [3.05, 3.63) is 64.7 Å². The van der Waals surface area contributed by atoms with Gasteiger partial charge in [0.2, 0.25) is 5.91 Å². The Balaban J connectivity index is 1.45. The number of rotatable bonds is 8. The Bertz CT molecular complexity index is 841. The number of nitrogens with one attached hydrogen (secondary N) is 2. The Morgan fingerprint density at radius 2 is 1.90 bits per heavy atom. The second kappa shape index (κ2) is 11.1. The van der Waals surface area contributed by atoms with E-state index in [1.165, 1.54) is 16.0 Å². The lowest BCUT2D eigenvalue weighted by molar-refractivity contribution is -0.128. The minimum absolute atomic E-state index is 0.253. The standard InChI is InChI=1S/C22H27ClN4OS/c1-24-22(25-12-14-29-20-10-8-19(23)9-11-20)26-15-17-5-2-3-6-18(17)16-27-13-4-7-21(27)28/h2-3,5-6,8-11H,4,7,12-16H2,1H3,(H2,24,25,26). The molecule has 7 heteroatoms. The van der Waals surface area contributed by atoms with Gasteiger partial charge in [-0.15, -0.1) is 11.8 Å². The number of hydrogen-bond acceptors (Lipinski definition) is 3. The van der Waals surface area contributed by atoms with Crippen LogP contribution in [0.1, 0.15) is 24.0 Å². The van der Waals surface area contributed by atoms with Crippen molar-refractivity contribution in [2.45, 2.75) is 30.8 Å². The molecule has 0 aliphatic carbocycles. The summed E-state index contributed by atoms with van der Waals surface area (Å²) in [5.74, 6) is 1.95. The van der Waals surface area contributed by atoms with Crippen molar-refractivity contribution in [3.63, 3.8) is 0 Å². The summed E-state index contributed by atoms with van der Waals surface area (Å²) in [6.45, 7) is 3.01. The van der Waals surface area contributed by atoms with E-state index in [1.54, 1.807) is 18.8 Å². The lowest BCUT2D eigenvalue weighted by Gasteiger charge is -2.19. The summed E-state index contributed by atoms with van der Waals surface area (Å²) < 4.78 is 0. The van der Waals surface area contributed by atoms with Crippen molar-refractivity contribution in [2.24, 2.45) is 4.99 Å². The lowest BCUT2D eigenvalue weighted by Crippen LogP contribution is -2.38. The molecule has 5 nitrogen and oxygen atoms in total. The van der Waals surface area contributed by atoms with Crippen LogP contribution in [0, 0.1) is 0 Å². The molecule has 2 aromatic rings. The zero-order chi connectivity index (χ0) is 20.5. The van der Waals surface area contributed by atoms with Gasteiger partial charge in [-0.3, -0.25) is 9.79 Å². The molecule has 0 aromatic heterocycles. The van der Waals surface area contributed by atoms with Crippen LogP contribution in [0.25, 0.3) is 0 Å². The third kappa shape index (κ3) is 6.68. The highest BCUT2D eigenvalue weighted by Crippen LogP contribution is 2.20. The van der Waals surface area contributed by atoms with Gasteiger partial charge in [-0.25, -0.2) is 0 Å². The summed E-state index contributed by atoms with van der Waals surface area (Å²) in [7, 11) is 1.77. The number of guanidine groups is 1. The van der Waals surface area contributed by atoms with Gasteiger partial charge < -0.3 is 15.5 Å². The second-order valence-corrected chi connectivity index (χ2v) is 8.45. The maximum Gasteiger partial charge on any atom is 0.222 e. The number of halogens is 1. The normalized spacial score (nSPS) is 14.3. The van der Waals surface area contributed by atoms with Crippen LogP contribution in [-0.2, 0) is 17.9 Å². The Morgan fingerprint density at radius 3 is 2.59 bits per heavy atom. The molecule has 1 saturated heterocycles. The predicted molar refractivity (Wildman–Crippen MR) is 121 cm³/mol. The fourth-order valence-electron chi connectivity index (χ4n) is 3.23. The van der Waals surface area contributed by atoms with Crippen molar-refractivity contribution in [1.29, 1.82) is 0 Å². The molecule has 0 bridgehead atoms. The smallest absolute Gasteiger partial charge is 0.222 e. The third-order valence-electron chi connectivity index (χ3n) is 4.80. The number of aliphatic imine (C=N–C) groups is 1. The van der Waals surface area contributed by atoms with Crippen molar-refractivity contribution in [1.82, 2.24) is 15.5 Å². The van der Waals surface area contributed by atoms with Gasteiger partial charge in [0.25, 0.3) is 0 Å². The molecule has 1 fully saturated rings. The quantitative estimate of drug-likeness (QED) is 0.288. The Hall–Kier alpha value is -2.18. The minimum atomic E-state index is 0.253. The molecule has 0 unspecified atom stereocenters. The van der Waals surface area contributed by atoms with E-state index >= 15 is 0 Å². The van der Waals surface area contributed by atoms with E-state index in [4.69, 9.17) is 11.6 Å². The van der Waals surface area contributed by atoms with Gasteiger partial charge in [0, 0.05) is 55.3 Å². The molecular weight excluding hydrogens is 404 g/mol. The highest BCUT2D eigenvalue weighted by molar-refractivity contribution is 7.99. The van der Waals surface area contributed by atoms with E-state index in [0.717, 1.165) is 36.2 Å². The van der Waals surface area contributed by atoms with E-state index in [9.17, 15) is 4.79 Å². The number of carbonyl (C=O) groups is 1. The fourth-order valence-corrected chi connectivity index (χ4v) is 4.12. The number of hydrogen-bond donors (Lipinski definition) is 2. The van der Waals surface area contributed by atoms with Crippen LogP contribution < -0.4 is 10.6 Å². The zero-order valence-corrected chi connectivity index (χ0v) is 18.2. The highest BCUT2D eigenvalue weighted by atomic mass is 35.5. The molecule has 0 saturated carbocycles. The Labute approximate surface area is 181 Å². The molecule has 2 N–H and O–H groups in total. The van der Waals surface area contributed by atoms with E-state index in [-0.39, 0.29) is 5.91 Å². The molecule has 1 aliphatic rings. The lowest BCUT2D eigenvalue weighted by atomic mass is 10.1. The predicted octanol–water partition coefficient (Wildman–Crippen LogP) is 3.92. The van der Waals surface area contributed by atoms with Gasteiger partial charge in [-0.05, 0) is 41.8 Å². The third-order valence-corrected chi connectivity index (χ3v) is 6.06. The van der Waals surface area contributed by atoms with Gasteiger partial charge >= 0.3 is 0 Å². The van der Waals surface area contributed by atoms with Crippen LogP contribution in [0.3, 0.4) is 0 Å². The Kier molecular flexibility index (Phi) is 8.25. The average Bonchev–Trinajstić information content (AvgIpc) is 3.14. The molecule has 0 radical (unpaired) electrons. The zero-order valence-electron chi connectivity index (χ0n) is 16.7. The molecular formula is C22H27ClN4OS. The van der Waals surface area contributed by atoms with Crippen LogP contribution in [0.4, 0.5) is 0 Å². The van der Waals surface area contributed by atoms with Gasteiger partial charge in [-0.1, -0.05) is 35.9 Å². The number of carbonyl (C=O) groups excluding carboxylic acids is 1. The minimum Gasteiger partial charge on any atom is -0.356 e. The summed E-state index contributed by atoms with van der Waals surface area (Å²) in [5, 5.41) is 7.48. The largest absolute Gasteiger partial charge is 0.356 e. The molecule has 3 rings (SSSR count). The van der Waals surface area contributed by atoms with Crippen molar-refractivity contribution < 1.29 is 4.79 Å². The highest BCUT2D eigenvalue weighted by Gasteiger charge is 2.20. The number of benzene rings is 2. The van der Waals surface area contributed by atoms with Crippen LogP contribution in [0.5, 0.6) is 0 Å². The van der Waals surface area contributed by atoms with E-state index in [0.29, 0.717) is 19.5 Å². The van der Waals surface area contributed by atoms with Gasteiger partial charge in [0.15, 0.2) is 5.96 Å². The van der Waals surface area contributed by atoms with Crippen LogP contribution >= 0.6 is 23.4 Å². The first-order valence-electron chi connectivity index (χ1n) is 9.83. The monoisotopic (exact) mass is 430 g/mol. The maximum absolute atomic E-state index is 11.9. The number of likely N-dealkylation sites (tertiary alicyclic amines) is 1. The molecule has 2 aromatic carbocycles.